The molecular weight excluding hydrogens is 194 g/mol. The van der Waals surface area contributed by atoms with Crippen molar-refractivity contribution >= 4 is 28.8 Å². The van der Waals surface area contributed by atoms with Crippen molar-refractivity contribution < 1.29 is 19.1 Å². The molecular formula is C7H9NO4S. The quantitative estimate of drug-likeness (QED) is 0.501. The first-order chi connectivity index (χ1) is 6.08. The summed E-state index contributed by atoms with van der Waals surface area (Å²) in [6.45, 7) is 1.01. The number of rotatable bonds is 3. The number of esters is 1. The maximum Gasteiger partial charge on any atom is 0.303 e. The van der Waals surface area contributed by atoms with E-state index < -0.39 is 5.97 Å². The van der Waals surface area contributed by atoms with E-state index in [2.05, 4.69) is 10.1 Å². The minimum Gasteiger partial charge on any atom is -0.457 e. The fraction of sp³-hybridized carbons (Fsp3) is 0.571. The minimum absolute atomic E-state index is 0.0576. The van der Waals surface area contributed by atoms with Crippen molar-refractivity contribution in [3.8, 4) is 0 Å². The van der Waals surface area contributed by atoms with Gasteiger partial charge in [-0.15, -0.1) is 0 Å². The molecule has 0 bridgehead atoms. The Labute approximate surface area is 79.2 Å². The van der Waals surface area contributed by atoms with Gasteiger partial charge in [-0.25, -0.2) is 0 Å². The average Bonchev–Trinajstić information content (AvgIpc) is 1.98. The van der Waals surface area contributed by atoms with Crippen molar-refractivity contribution in [1.29, 1.82) is 0 Å². The molecule has 1 aliphatic rings. The maximum absolute atomic E-state index is 11.0. The molecule has 0 saturated carbocycles. The molecule has 0 radical (unpaired) electrons. The van der Waals surface area contributed by atoms with Crippen LogP contribution in [0.15, 0.2) is 0 Å². The molecule has 1 rings (SSSR count). The summed E-state index contributed by atoms with van der Waals surface area (Å²) in [6.07, 6.45) is 0.358. The fourth-order valence-corrected chi connectivity index (χ4v) is 1.62. The Morgan fingerprint density at radius 2 is 2.31 bits per heavy atom. The van der Waals surface area contributed by atoms with Gasteiger partial charge in [0.15, 0.2) is 6.61 Å². The number of carbonyl (C=O) groups is 3. The zero-order valence-electron chi connectivity index (χ0n) is 7.03. The minimum atomic E-state index is -0.480. The molecule has 1 saturated heterocycles. The zero-order chi connectivity index (χ0) is 9.84. The maximum atomic E-state index is 11.0. The van der Waals surface area contributed by atoms with Gasteiger partial charge in [0.1, 0.15) is 0 Å². The van der Waals surface area contributed by atoms with Crippen LogP contribution in [0.25, 0.3) is 0 Å². The second-order valence-electron chi connectivity index (χ2n) is 2.53. The summed E-state index contributed by atoms with van der Waals surface area (Å²) in [5, 5.41) is 2.13. The molecule has 1 fully saturated rings. The highest BCUT2D eigenvalue weighted by Gasteiger charge is 2.28. The molecule has 6 heteroatoms. The van der Waals surface area contributed by atoms with E-state index in [0.717, 1.165) is 11.8 Å². The Morgan fingerprint density at radius 1 is 1.69 bits per heavy atom. The number of nitrogens with one attached hydrogen (secondary N) is 1. The van der Waals surface area contributed by atoms with E-state index >= 15 is 0 Å². The van der Waals surface area contributed by atoms with Gasteiger partial charge < -0.3 is 10.1 Å². The third-order valence-electron chi connectivity index (χ3n) is 1.36. The van der Waals surface area contributed by atoms with Crippen LogP contribution < -0.4 is 5.32 Å². The van der Waals surface area contributed by atoms with Gasteiger partial charge in [0, 0.05) is 6.92 Å². The summed E-state index contributed by atoms with van der Waals surface area (Å²) in [4.78, 5) is 31.7. The number of amides is 1. The summed E-state index contributed by atoms with van der Waals surface area (Å²) in [5.41, 5.74) is 0. The van der Waals surface area contributed by atoms with Gasteiger partial charge in [-0.2, -0.15) is 0 Å². The predicted octanol–water partition coefficient (Wildman–Crippen LogP) is -0.345. The topological polar surface area (TPSA) is 72.5 Å². The SMILES string of the molecule is CC(=O)OCC(=O)S[C@@H]1CC(=O)N1. The summed E-state index contributed by atoms with van der Waals surface area (Å²) in [6, 6.07) is 0. The number of hydrogen-bond acceptors (Lipinski definition) is 5. The van der Waals surface area contributed by atoms with Crippen molar-refractivity contribution in [3.63, 3.8) is 0 Å². The lowest BCUT2D eigenvalue weighted by Crippen LogP contribution is -2.46. The highest BCUT2D eigenvalue weighted by molar-refractivity contribution is 8.14. The molecule has 72 valence electrons. The van der Waals surface area contributed by atoms with Gasteiger partial charge in [-0.1, -0.05) is 11.8 Å². The van der Waals surface area contributed by atoms with Crippen LogP contribution in [-0.4, -0.2) is 29.0 Å². The third-order valence-corrected chi connectivity index (χ3v) is 2.31. The molecule has 0 aromatic heterocycles. The molecule has 1 amide bonds. The first kappa shape index (κ1) is 10.0. The Bertz CT molecular complexity index is 245. The third kappa shape index (κ3) is 3.45. The van der Waals surface area contributed by atoms with Crippen molar-refractivity contribution in [2.75, 3.05) is 6.61 Å². The first-order valence-corrected chi connectivity index (χ1v) is 4.58. The predicted molar refractivity (Wildman–Crippen MR) is 45.8 cm³/mol. The Balaban J connectivity index is 2.11. The van der Waals surface area contributed by atoms with E-state index in [9.17, 15) is 14.4 Å². The lowest BCUT2D eigenvalue weighted by atomic mass is 10.3. The normalized spacial score (nSPS) is 20.1. The lowest BCUT2D eigenvalue weighted by Gasteiger charge is -2.24. The number of carbonyl (C=O) groups excluding carboxylic acids is 3. The molecule has 0 aliphatic carbocycles. The molecule has 5 nitrogen and oxygen atoms in total. The van der Waals surface area contributed by atoms with Crippen LogP contribution in [0.1, 0.15) is 13.3 Å². The largest absolute Gasteiger partial charge is 0.457 e. The Kier molecular flexibility index (Phi) is 3.30. The number of thioether (sulfide) groups is 1. The summed E-state index contributed by atoms with van der Waals surface area (Å²) >= 11 is 0.984. The van der Waals surface area contributed by atoms with E-state index in [4.69, 9.17) is 0 Å². The van der Waals surface area contributed by atoms with E-state index in [1.54, 1.807) is 0 Å². The molecule has 0 unspecified atom stereocenters. The van der Waals surface area contributed by atoms with Gasteiger partial charge in [-0.3, -0.25) is 14.4 Å². The van der Waals surface area contributed by atoms with Gasteiger partial charge in [0.25, 0.3) is 0 Å². The van der Waals surface area contributed by atoms with Crippen molar-refractivity contribution in [2.45, 2.75) is 18.7 Å². The monoisotopic (exact) mass is 203 g/mol. The highest BCUT2D eigenvalue weighted by Crippen LogP contribution is 2.19. The molecule has 0 spiro atoms. The smallest absolute Gasteiger partial charge is 0.303 e. The van der Waals surface area contributed by atoms with Gasteiger partial charge >= 0.3 is 5.97 Å². The van der Waals surface area contributed by atoms with Crippen LogP contribution in [-0.2, 0) is 19.1 Å². The van der Waals surface area contributed by atoms with E-state index in [1.165, 1.54) is 6.92 Å². The summed E-state index contributed by atoms with van der Waals surface area (Å²) in [5.74, 6) is -0.538. The van der Waals surface area contributed by atoms with E-state index in [0.29, 0.717) is 6.42 Å². The standard InChI is InChI=1S/C7H9NO4S/c1-4(9)12-3-7(11)13-6-2-5(10)8-6/h6H,2-3H2,1H3,(H,8,10)/t6-/m1/s1. The molecule has 1 aliphatic heterocycles. The zero-order valence-corrected chi connectivity index (χ0v) is 7.85. The Hall–Kier alpha value is -1.04. The molecule has 1 heterocycles. The van der Waals surface area contributed by atoms with Crippen LogP contribution >= 0.6 is 11.8 Å². The second-order valence-corrected chi connectivity index (χ2v) is 3.79. The lowest BCUT2D eigenvalue weighted by molar-refractivity contribution is -0.143. The van der Waals surface area contributed by atoms with Gasteiger partial charge in [-0.05, 0) is 0 Å². The van der Waals surface area contributed by atoms with Crippen LogP contribution in [0.5, 0.6) is 0 Å². The average molecular weight is 203 g/mol. The van der Waals surface area contributed by atoms with Crippen molar-refractivity contribution in [3.05, 3.63) is 0 Å². The van der Waals surface area contributed by atoms with Crippen molar-refractivity contribution in [1.82, 2.24) is 5.32 Å². The van der Waals surface area contributed by atoms with E-state index in [-0.39, 0.29) is 23.0 Å². The summed E-state index contributed by atoms with van der Waals surface area (Å²) < 4.78 is 4.48. The molecule has 0 aromatic carbocycles. The van der Waals surface area contributed by atoms with Crippen LogP contribution in [0.4, 0.5) is 0 Å². The van der Waals surface area contributed by atoms with Crippen LogP contribution in [0.3, 0.4) is 0 Å². The van der Waals surface area contributed by atoms with E-state index in [1.807, 2.05) is 0 Å². The van der Waals surface area contributed by atoms with Crippen LogP contribution in [0, 0.1) is 0 Å². The second kappa shape index (κ2) is 4.27. The van der Waals surface area contributed by atoms with Gasteiger partial charge in [0.2, 0.25) is 11.0 Å². The number of hydrogen-bond donors (Lipinski definition) is 1. The van der Waals surface area contributed by atoms with Crippen molar-refractivity contribution in [2.24, 2.45) is 0 Å². The fourth-order valence-electron chi connectivity index (χ4n) is 0.751. The Morgan fingerprint density at radius 3 is 2.77 bits per heavy atom. The number of β-lactam (4-membered cyclic amide) rings is 1. The molecule has 13 heavy (non-hydrogen) atoms. The highest BCUT2D eigenvalue weighted by atomic mass is 32.2. The van der Waals surface area contributed by atoms with Gasteiger partial charge in [0.05, 0.1) is 11.8 Å². The summed E-state index contributed by atoms with van der Waals surface area (Å²) in [7, 11) is 0. The molecule has 0 aromatic rings. The number of ether oxygens (including phenoxy) is 1. The van der Waals surface area contributed by atoms with Crippen LogP contribution in [0.2, 0.25) is 0 Å². The molecule has 1 atom stereocenters. The molecule has 1 N–H and O–H groups in total. The first-order valence-electron chi connectivity index (χ1n) is 3.70.